The van der Waals surface area contributed by atoms with Crippen molar-refractivity contribution in [2.45, 2.75) is 25.7 Å². The highest BCUT2D eigenvalue weighted by molar-refractivity contribution is 5.16. The van der Waals surface area contributed by atoms with Crippen molar-refractivity contribution in [2.75, 3.05) is 7.05 Å². The molecule has 0 aliphatic heterocycles. The van der Waals surface area contributed by atoms with E-state index in [9.17, 15) is 13.2 Å². The summed E-state index contributed by atoms with van der Waals surface area (Å²) in [6, 6.07) is 4.72. The predicted molar refractivity (Wildman–Crippen MR) is 53.1 cm³/mol. The second-order valence-corrected chi connectivity index (χ2v) is 3.30. The summed E-state index contributed by atoms with van der Waals surface area (Å²) in [5.74, 6) is -0.0161. The molecule has 0 fully saturated rings. The second-order valence-electron chi connectivity index (χ2n) is 3.30. The molecule has 1 atom stereocenters. The average Bonchev–Trinajstić information content (AvgIpc) is 2.17. The number of halogens is 3. The van der Waals surface area contributed by atoms with Crippen LogP contribution in [0.1, 0.15) is 12.6 Å². The van der Waals surface area contributed by atoms with Gasteiger partial charge in [0.2, 0.25) is 5.88 Å². The summed E-state index contributed by atoms with van der Waals surface area (Å²) < 4.78 is 41.4. The molecule has 6 heteroatoms. The molecule has 0 aliphatic carbocycles. The van der Waals surface area contributed by atoms with Gasteiger partial charge in [0.1, 0.15) is 0 Å². The van der Waals surface area contributed by atoms with Crippen LogP contribution in [0, 0.1) is 0 Å². The summed E-state index contributed by atoms with van der Waals surface area (Å²) >= 11 is 0. The maximum absolute atomic E-state index is 12.2. The maximum Gasteiger partial charge on any atom is 0.425 e. The minimum absolute atomic E-state index is 0.0161. The molecule has 0 amide bonds. The molecule has 1 rings (SSSR count). The highest BCUT2D eigenvalue weighted by Crippen LogP contribution is 2.23. The molecule has 1 aromatic heterocycles. The van der Waals surface area contributed by atoms with Crippen LogP contribution in [0.2, 0.25) is 0 Å². The quantitative estimate of drug-likeness (QED) is 0.866. The van der Waals surface area contributed by atoms with Gasteiger partial charge < -0.3 is 10.1 Å². The van der Waals surface area contributed by atoms with E-state index in [1.54, 1.807) is 19.2 Å². The lowest BCUT2D eigenvalue weighted by Crippen LogP contribution is -2.31. The highest BCUT2D eigenvalue weighted by atomic mass is 19.4. The zero-order valence-electron chi connectivity index (χ0n) is 9.01. The van der Waals surface area contributed by atoms with Crippen molar-refractivity contribution in [3.63, 3.8) is 0 Å². The number of rotatable bonds is 4. The molecule has 0 aromatic carbocycles. The fraction of sp³-hybridized carbons (Fsp3) is 0.500. The molecule has 3 nitrogen and oxygen atoms in total. The largest absolute Gasteiger partial charge is 0.465 e. The first-order valence-corrected chi connectivity index (χ1v) is 4.77. The van der Waals surface area contributed by atoms with E-state index in [1.807, 2.05) is 0 Å². The first-order valence-electron chi connectivity index (χ1n) is 4.77. The molecule has 90 valence electrons. The molecule has 1 unspecified atom stereocenters. The van der Waals surface area contributed by atoms with E-state index in [0.29, 0.717) is 12.2 Å². The summed E-state index contributed by atoms with van der Waals surface area (Å²) in [6.45, 7) is 1.43. The fourth-order valence-electron chi connectivity index (χ4n) is 1.05. The van der Waals surface area contributed by atoms with Gasteiger partial charge in [0, 0.05) is 12.6 Å². The number of nitrogens with zero attached hydrogens (tertiary/aromatic N) is 1. The Balaban J connectivity index is 2.70. The zero-order chi connectivity index (χ0) is 12.2. The van der Waals surface area contributed by atoms with Crippen LogP contribution in [-0.4, -0.2) is 24.3 Å². The van der Waals surface area contributed by atoms with Crippen molar-refractivity contribution >= 4 is 0 Å². The minimum atomic E-state index is -4.37. The normalized spacial score (nSPS) is 13.6. The molecule has 0 saturated heterocycles. The molecular weight excluding hydrogens is 221 g/mol. The van der Waals surface area contributed by atoms with E-state index < -0.39 is 12.3 Å². The summed E-state index contributed by atoms with van der Waals surface area (Å²) in [7, 11) is 1.73. The van der Waals surface area contributed by atoms with Crippen LogP contribution >= 0.6 is 0 Å². The summed E-state index contributed by atoms with van der Waals surface area (Å²) in [6.07, 6.45) is -6.23. The Labute approximate surface area is 91.6 Å². The average molecular weight is 234 g/mol. The van der Waals surface area contributed by atoms with Crippen LogP contribution in [0.3, 0.4) is 0 Å². The fourth-order valence-corrected chi connectivity index (χ4v) is 1.05. The van der Waals surface area contributed by atoms with Gasteiger partial charge in [0.25, 0.3) is 0 Å². The molecule has 0 spiro atoms. The number of hydrogen-bond donors (Lipinski definition) is 1. The third-order valence-electron chi connectivity index (χ3n) is 1.90. The Morgan fingerprint density at radius 3 is 2.69 bits per heavy atom. The molecule has 1 N–H and O–H groups in total. The van der Waals surface area contributed by atoms with Crippen molar-refractivity contribution in [1.82, 2.24) is 10.3 Å². The molecule has 0 radical (unpaired) electrons. The van der Waals surface area contributed by atoms with Crippen LogP contribution in [0.5, 0.6) is 5.88 Å². The van der Waals surface area contributed by atoms with Crippen molar-refractivity contribution in [2.24, 2.45) is 0 Å². The standard InChI is InChI=1S/C10H13F3N2O/c1-7(10(11,12)13)16-9-5-3-4-8(15-9)6-14-2/h3-5,7,14H,6H2,1-2H3. The molecule has 1 aromatic rings. The van der Waals surface area contributed by atoms with E-state index >= 15 is 0 Å². The van der Waals surface area contributed by atoms with Gasteiger partial charge in [-0.2, -0.15) is 13.2 Å². The van der Waals surface area contributed by atoms with Crippen molar-refractivity contribution in [3.8, 4) is 5.88 Å². The van der Waals surface area contributed by atoms with Crippen LogP contribution in [0.25, 0.3) is 0 Å². The Hall–Kier alpha value is -1.30. The lowest BCUT2D eigenvalue weighted by molar-refractivity contribution is -0.190. The number of pyridine rings is 1. The number of aromatic nitrogens is 1. The Morgan fingerprint density at radius 1 is 1.44 bits per heavy atom. The van der Waals surface area contributed by atoms with Crippen LogP contribution < -0.4 is 10.1 Å². The van der Waals surface area contributed by atoms with E-state index in [1.165, 1.54) is 6.07 Å². The minimum Gasteiger partial charge on any atom is -0.465 e. The van der Waals surface area contributed by atoms with Crippen LogP contribution in [0.15, 0.2) is 18.2 Å². The number of alkyl halides is 3. The van der Waals surface area contributed by atoms with Gasteiger partial charge in [-0.1, -0.05) is 6.07 Å². The monoisotopic (exact) mass is 234 g/mol. The van der Waals surface area contributed by atoms with Crippen molar-refractivity contribution in [1.29, 1.82) is 0 Å². The topological polar surface area (TPSA) is 34.1 Å². The van der Waals surface area contributed by atoms with Gasteiger partial charge in [-0.25, -0.2) is 4.98 Å². The van der Waals surface area contributed by atoms with Crippen molar-refractivity contribution < 1.29 is 17.9 Å². The van der Waals surface area contributed by atoms with E-state index in [-0.39, 0.29) is 5.88 Å². The van der Waals surface area contributed by atoms with Crippen LogP contribution in [-0.2, 0) is 6.54 Å². The Kier molecular flexibility index (Phi) is 4.12. The van der Waals surface area contributed by atoms with E-state index in [2.05, 4.69) is 10.3 Å². The predicted octanol–water partition coefficient (Wildman–Crippen LogP) is 2.13. The summed E-state index contributed by atoms with van der Waals surface area (Å²) in [4.78, 5) is 3.93. The van der Waals surface area contributed by atoms with E-state index in [0.717, 1.165) is 6.92 Å². The first kappa shape index (κ1) is 12.8. The first-order chi connectivity index (χ1) is 7.43. The van der Waals surface area contributed by atoms with Crippen molar-refractivity contribution in [3.05, 3.63) is 23.9 Å². The van der Waals surface area contributed by atoms with Crippen LogP contribution in [0.4, 0.5) is 13.2 Å². The Bertz CT molecular complexity index is 341. The van der Waals surface area contributed by atoms with E-state index in [4.69, 9.17) is 4.74 Å². The third-order valence-corrected chi connectivity index (χ3v) is 1.90. The van der Waals surface area contributed by atoms with Gasteiger partial charge >= 0.3 is 6.18 Å². The summed E-state index contributed by atoms with van der Waals surface area (Å²) in [5, 5.41) is 2.85. The SMILES string of the molecule is CNCc1cccc(OC(C)C(F)(F)F)n1. The Morgan fingerprint density at radius 2 is 2.12 bits per heavy atom. The highest BCUT2D eigenvalue weighted by Gasteiger charge is 2.38. The molecule has 1 heterocycles. The van der Waals surface area contributed by atoms with Gasteiger partial charge in [0.05, 0.1) is 5.69 Å². The molecule has 0 bridgehead atoms. The number of hydrogen-bond acceptors (Lipinski definition) is 3. The molecule has 16 heavy (non-hydrogen) atoms. The van der Waals surface area contributed by atoms with Gasteiger partial charge in [0.15, 0.2) is 6.10 Å². The molecule has 0 saturated carbocycles. The molecular formula is C10H13F3N2O. The molecule has 0 aliphatic rings. The lowest BCUT2D eigenvalue weighted by atomic mass is 10.3. The van der Waals surface area contributed by atoms with Gasteiger partial charge in [-0.05, 0) is 20.0 Å². The zero-order valence-corrected chi connectivity index (χ0v) is 9.01. The smallest absolute Gasteiger partial charge is 0.425 e. The number of nitrogens with one attached hydrogen (secondary N) is 1. The number of ether oxygens (including phenoxy) is 1. The lowest BCUT2D eigenvalue weighted by Gasteiger charge is -2.17. The maximum atomic E-state index is 12.2. The summed E-state index contributed by atoms with van der Waals surface area (Å²) in [5.41, 5.74) is 0.634. The second kappa shape index (κ2) is 5.16. The third kappa shape index (κ3) is 3.69. The van der Waals surface area contributed by atoms with Gasteiger partial charge in [-0.15, -0.1) is 0 Å². The van der Waals surface area contributed by atoms with Gasteiger partial charge in [-0.3, -0.25) is 0 Å².